The third kappa shape index (κ3) is 3.02. The Kier molecular flexibility index (Phi) is 4.00. The first kappa shape index (κ1) is 16.3. The van der Waals surface area contributed by atoms with Crippen molar-refractivity contribution in [2.24, 2.45) is 5.92 Å². The third-order valence-electron chi connectivity index (χ3n) is 6.18. The van der Waals surface area contributed by atoms with Gasteiger partial charge in [0.25, 0.3) is 0 Å². The summed E-state index contributed by atoms with van der Waals surface area (Å²) < 4.78 is 2.37. The van der Waals surface area contributed by atoms with Crippen LogP contribution in [0.5, 0.6) is 0 Å². The van der Waals surface area contributed by atoms with Crippen LogP contribution in [0.2, 0.25) is 0 Å². The average molecular weight is 352 g/mol. The summed E-state index contributed by atoms with van der Waals surface area (Å²) in [7, 11) is 0. The van der Waals surface area contributed by atoms with Gasteiger partial charge in [0, 0.05) is 12.6 Å². The number of hydrogen-bond acceptors (Lipinski definition) is 3. The van der Waals surface area contributed by atoms with Crippen molar-refractivity contribution in [2.45, 2.75) is 64.1 Å². The van der Waals surface area contributed by atoms with Gasteiger partial charge in [-0.15, -0.1) is 0 Å². The monoisotopic (exact) mass is 352 g/mol. The number of amides is 1. The van der Waals surface area contributed by atoms with E-state index < -0.39 is 0 Å². The predicted molar refractivity (Wildman–Crippen MR) is 102 cm³/mol. The Balaban J connectivity index is 1.29. The van der Waals surface area contributed by atoms with Crippen molar-refractivity contribution in [3.8, 4) is 0 Å². The van der Waals surface area contributed by atoms with Gasteiger partial charge in [-0.3, -0.25) is 9.69 Å². The highest BCUT2D eigenvalue weighted by atomic mass is 16.2. The molecular weight excluding hydrogens is 324 g/mol. The summed E-state index contributed by atoms with van der Waals surface area (Å²) in [5, 5.41) is 3.20. The Hall–Kier alpha value is -1.88. The molecule has 3 fully saturated rings. The molecule has 0 spiro atoms. The second-order valence-corrected chi connectivity index (χ2v) is 8.33. The van der Waals surface area contributed by atoms with Gasteiger partial charge in [-0.2, -0.15) is 0 Å². The minimum absolute atomic E-state index is 0.0950. The van der Waals surface area contributed by atoms with Crippen molar-refractivity contribution in [3.63, 3.8) is 0 Å². The minimum atomic E-state index is 0.0950. The number of carbonyl (C=O) groups is 1. The van der Waals surface area contributed by atoms with E-state index in [2.05, 4.69) is 39.9 Å². The molecule has 1 N–H and O–H groups in total. The summed E-state index contributed by atoms with van der Waals surface area (Å²) in [6, 6.07) is 7.20. The van der Waals surface area contributed by atoms with Crippen molar-refractivity contribution in [1.82, 2.24) is 19.8 Å². The Morgan fingerprint density at radius 2 is 2.00 bits per heavy atom. The van der Waals surface area contributed by atoms with Gasteiger partial charge in [0.1, 0.15) is 5.82 Å². The van der Waals surface area contributed by atoms with E-state index in [1.165, 1.54) is 44.0 Å². The Morgan fingerprint density at radius 1 is 1.23 bits per heavy atom. The minimum Gasteiger partial charge on any atom is -0.351 e. The molecule has 1 saturated heterocycles. The topological polar surface area (TPSA) is 50.2 Å². The zero-order valence-corrected chi connectivity index (χ0v) is 15.6. The quantitative estimate of drug-likeness (QED) is 0.869. The molecule has 2 aromatic rings. The summed E-state index contributed by atoms with van der Waals surface area (Å²) in [4.78, 5) is 20.0. The molecule has 5 heteroatoms. The number of carbonyl (C=O) groups excluding carboxylic acids is 1. The molecule has 0 unspecified atom stereocenters. The number of nitrogens with zero attached hydrogens (tertiary/aromatic N) is 3. The highest BCUT2D eigenvalue weighted by molar-refractivity contribution is 5.83. The van der Waals surface area contributed by atoms with E-state index in [4.69, 9.17) is 4.98 Å². The zero-order valence-electron chi connectivity index (χ0n) is 15.6. The number of imidazole rings is 1. The molecule has 1 aliphatic heterocycles. The van der Waals surface area contributed by atoms with Crippen LogP contribution in [-0.2, 0) is 11.3 Å². The molecule has 1 atom stereocenters. The van der Waals surface area contributed by atoms with Crippen molar-refractivity contribution >= 4 is 16.9 Å². The number of aromatic nitrogens is 2. The maximum Gasteiger partial charge on any atom is 0.237 e. The summed E-state index contributed by atoms with van der Waals surface area (Å²) in [6.07, 6.45) is 7.41. The van der Waals surface area contributed by atoms with Crippen molar-refractivity contribution in [2.75, 3.05) is 13.1 Å². The molecule has 138 valence electrons. The molecule has 2 heterocycles. The second kappa shape index (κ2) is 6.38. The zero-order chi connectivity index (χ0) is 17.7. The van der Waals surface area contributed by atoms with Crippen LogP contribution in [0.3, 0.4) is 0 Å². The molecular formula is C21H28N4O. The lowest BCUT2D eigenvalue weighted by Gasteiger charge is -2.26. The highest BCUT2D eigenvalue weighted by Crippen LogP contribution is 2.39. The fourth-order valence-corrected chi connectivity index (χ4v) is 4.57. The van der Waals surface area contributed by atoms with E-state index in [9.17, 15) is 4.79 Å². The number of likely N-dealkylation sites (tertiary alicyclic amines) is 1. The van der Waals surface area contributed by atoms with Gasteiger partial charge in [-0.25, -0.2) is 4.98 Å². The largest absolute Gasteiger partial charge is 0.351 e. The lowest BCUT2D eigenvalue weighted by molar-refractivity contribution is -0.127. The van der Waals surface area contributed by atoms with Crippen LogP contribution in [0.25, 0.3) is 11.0 Å². The maximum atomic E-state index is 12.8. The first-order valence-electron chi connectivity index (χ1n) is 10.2. The number of benzene rings is 1. The summed E-state index contributed by atoms with van der Waals surface area (Å²) in [5.74, 6) is 1.90. The molecule has 1 aromatic heterocycles. The standard InChI is InChI=1S/C21H28N4O/c1-14-23-18-12-15(4-9-19(18)25(14)17-7-8-17)13-22-21(26)20(16-5-6-16)24-10-2-3-11-24/h4,9,12,16-17,20H,2-3,5-8,10-11,13H2,1H3,(H,22,26)/t20-/m0/s1. The number of aryl methyl sites for hydroxylation is 1. The molecule has 2 aliphatic carbocycles. The Morgan fingerprint density at radius 3 is 2.69 bits per heavy atom. The van der Waals surface area contributed by atoms with E-state index in [1.54, 1.807) is 0 Å². The lowest BCUT2D eigenvalue weighted by atomic mass is 10.1. The van der Waals surface area contributed by atoms with Gasteiger partial charge in [-0.1, -0.05) is 6.07 Å². The Bertz CT molecular complexity index is 828. The Labute approximate surface area is 154 Å². The second-order valence-electron chi connectivity index (χ2n) is 8.33. The fourth-order valence-electron chi connectivity index (χ4n) is 4.57. The van der Waals surface area contributed by atoms with Gasteiger partial charge in [0.05, 0.1) is 17.1 Å². The van der Waals surface area contributed by atoms with Crippen LogP contribution in [-0.4, -0.2) is 39.5 Å². The molecule has 5 rings (SSSR count). The summed E-state index contributed by atoms with van der Waals surface area (Å²) in [6.45, 7) is 4.86. The van der Waals surface area contributed by atoms with Gasteiger partial charge in [0.15, 0.2) is 0 Å². The van der Waals surface area contributed by atoms with Crippen LogP contribution in [0.1, 0.15) is 56.0 Å². The summed E-state index contributed by atoms with van der Waals surface area (Å²) in [5.41, 5.74) is 3.43. The average Bonchev–Trinajstić information content (AvgIpc) is 3.55. The molecule has 2 saturated carbocycles. The van der Waals surface area contributed by atoms with Crippen LogP contribution in [0.15, 0.2) is 18.2 Å². The molecule has 26 heavy (non-hydrogen) atoms. The summed E-state index contributed by atoms with van der Waals surface area (Å²) >= 11 is 0. The first-order chi connectivity index (χ1) is 12.7. The molecule has 0 bridgehead atoms. The molecule has 1 aromatic carbocycles. The van der Waals surface area contributed by atoms with E-state index in [-0.39, 0.29) is 11.9 Å². The van der Waals surface area contributed by atoms with Gasteiger partial charge in [-0.05, 0) is 82.2 Å². The van der Waals surface area contributed by atoms with E-state index in [0.717, 1.165) is 30.0 Å². The third-order valence-corrected chi connectivity index (χ3v) is 6.18. The number of nitrogens with one attached hydrogen (secondary N) is 1. The molecule has 1 amide bonds. The SMILES string of the molecule is Cc1nc2cc(CNC(=O)[C@H](C3CC3)N3CCCC3)ccc2n1C1CC1. The van der Waals surface area contributed by atoms with E-state index in [1.807, 2.05) is 0 Å². The molecule has 0 radical (unpaired) electrons. The van der Waals surface area contributed by atoms with Gasteiger partial charge >= 0.3 is 0 Å². The normalized spacial score (nSPS) is 22.0. The van der Waals surface area contributed by atoms with Crippen LogP contribution in [0, 0.1) is 12.8 Å². The number of rotatable bonds is 6. The lowest BCUT2D eigenvalue weighted by Crippen LogP contribution is -2.46. The highest BCUT2D eigenvalue weighted by Gasteiger charge is 2.40. The number of hydrogen-bond donors (Lipinski definition) is 1. The van der Waals surface area contributed by atoms with Crippen molar-refractivity contribution in [1.29, 1.82) is 0 Å². The van der Waals surface area contributed by atoms with Gasteiger partial charge in [0.2, 0.25) is 5.91 Å². The molecule has 5 nitrogen and oxygen atoms in total. The molecule has 3 aliphatic rings. The van der Waals surface area contributed by atoms with Crippen LogP contribution in [0.4, 0.5) is 0 Å². The predicted octanol–water partition coefficient (Wildman–Crippen LogP) is 3.17. The fraction of sp³-hybridized carbons (Fsp3) is 0.619. The van der Waals surface area contributed by atoms with Crippen LogP contribution >= 0.6 is 0 Å². The smallest absolute Gasteiger partial charge is 0.237 e. The van der Waals surface area contributed by atoms with Crippen LogP contribution < -0.4 is 5.32 Å². The first-order valence-corrected chi connectivity index (χ1v) is 10.2. The van der Waals surface area contributed by atoms with Crippen molar-refractivity contribution < 1.29 is 4.79 Å². The number of fused-ring (bicyclic) bond motifs is 1. The van der Waals surface area contributed by atoms with Gasteiger partial charge < -0.3 is 9.88 Å². The van der Waals surface area contributed by atoms with E-state index in [0.29, 0.717) is 18.5 Å². The van der Waals surface area contributed by atoms with E-state index >= 15 is 0 Å². The maximum absolute atomic E-state index is 12.8. The van der Waals surface area contributed by atoms with Crippen molar-refractivity contribution in [3.05, 3.63) is 29.6 Å².